The molecule has 18 heteroatoms. The van der Waals surface area contributed by atoms with E-state index in [1.807, 2.05) is 0 Å². The van der Waals surface area contributed by atoms with E-state index < -0.39 is 84.4 Å². The Hall–Kier alpha value is -5.47. The van der Waals surface area contributed by atoms with Gasteiger partial charge in [0.2, 0.25) is 11.8 Å². The minimum Gasteiger partial charge on any atom is -0.403 e. The molecule has 1 aliphatic carbocycles. The lowest BCUT2D eigenvalue weighted by atomic mass is 9.92. The zero-order valence-corrected chi connectivity index (χ0v) is 24.6. The highest BCUT2D eigenvalue weighted by molar-refractivity contribution is 6.06. The summed E-state index contributed by atoms with van der Waals surface area (Å²) in [5.74, 6) is -2.92. The Labute approximate surface area is 267 Å². The van der Waals surface area contributed by atoms with Crippen LogP contribution < -0.4 is 21.1 Å². The molecule has 3 heterocycles. The van der Waals surface area contributed by atoms with E-state index in [-0.39, 0.29) is 48.1 Å². The van der Waals surface area contributed by atoms with Crippen molar-refractivity contribution in [2.24, 2.45) is 11.7 Å². The van der Waals surface area contributed by atoms with E-state index in [1.54, 1.807) is 0 Å². The maximum atomic E-state index is 14.7. The van der Waals surface area contributed by atoms with Gasteiger partial charge in [0.25, 0.3) is 11.8 Å². The quantitative estimate of drug-likeness (QED) is 0.257. The van der Waals surface area contributed by atoms with Gasteiger partial charge >= 0.3 is 12.4 Å². The first-order chi connectivity index (χ1) is 22.6. The van der Waals surface area contributed by atoms with Crippen LogP contribution in [0, 0.1) is 23.6 Å². The summed E-state index contributed by atoms with van der Waals surface area (Å²) in [5, 5.41) is 9.04. The summed E-state index contributed by atoms with van der Waals surface area (Å²) in [7, 11) is 0. The fourth-order valence-electron chi connectivity index (χ4n) is 5.98. The summed E-state index contributed by atoms with van der Waals surface area (Å²) in [4.78, 5) is 54.0. The molecule has 12 nitrogen and oxygen atoms in total. The van der Waals surface area contributed by atoms with Crippen LogP contribution in [0.25, 0.3) is 10.9 Å². The van der Waals surface area contributed by atoms with E-state index in [9.17, 15) is 45.5 Å². The standard InChI is InChI=1S/C30H25F6N7O5/c31-24-18(3-1-4-22(24)48-30(34,35)36)39-27(46)21-11-15-5-7-19(15)43(21)23(44)13-42-20-8-6-16(12-17(20)25(40-42)26(37)45)38-28(47)41-10-2-9-29(32,33)14-41/h1,3-4,6,8,12,15,19,21H,2,9-11,13-14H2,(H2,37,45)(H,38,47)(H,39,46)/t15-,19-,21+/m1/s1. The number of piperidine rings is 1. The summed E-state index contributed by atoms with van der Waals surface area (Å²) >= 11 is 0. The van der Waals surface area contributed by atoms with Gasteiger partial charge in [0.15, 0.2) is 17.3 Å². The second-order valence-corrected chi connectivity index (χ2v) is 11.5. The molecule has 48 heavy (non-hydrogen) atoms. The minimum absolute atomic E-state index is 0.0635. The van der Waals surface area contributed by atoms with Gasteiger partial charge in [-0.2, -0.15) is 5.10 Å². The first-order valence-corrected chi connectivity index (χ1v) is 14.5. The molecular weight excluding hydrogens is 652 g/mol. The van der Waals surface area contributed by atoms with Gasteiger partial charge < -0.3 is 30.9 Å². The number of nitrogens with zero attached hydrogens (tertiary/aromatic N) is 4. The fourth-order valence-corrected chi connectivity index (χ4v) is 5.98. The maximum Gasteiger partial charge on any atom is 0.573 e. The highest BCUT2D eigenvalue weighted by atomic mass is 19.4. The predicted molar refractivity (Wildman–Crippen MR) is 155 cm³/mol. The van der Waals surface area contributed by atoms with Gasteiger partial charge in [-0.05, 0) is 43.2 Å². The molecule has 3 aliphatic rings. The van der Waals surface area contributed by atoms with E-state index in [2.05, 4.69) is 32.3 Å². The largest absolute Gasteiger partial charge is 0.573 e. The van der Waals surface area contributed by atoms with Gasteiger partial charge in [0, 0.05) is 24.0 Å². The molecule has 1 aromatic heterocycles. The number of likely N-dealkylation sites (tertiary alicyclic amines) is 2. The number of primary amides is 1. The third kappa shape index (κ3) is 6.39. The number of hydrogen-bond donors (Lipinski definition) is 3. The molecule has 0 bridgehead atoms. The molecule has 0 unspecified atom stereocenters. The van der Waals surface area contributed by atoms with Crippen LogP contribution in [-0.2, 0) is 16.1 Å². The Morgan fingerprint density at radius 1 is 1.10 bits per heavy atom. The number of aromatic nitrogens is 2. The van der Waals surface area contributed by atoms with E-state index in [0.717, 1.165) is 27.8 Å². The van der Waals surface area contributed by atoms with Gasteiger partial charge in [0.1, 0.15) is 18.6 Å². The van der Waals surface area contributed by atoms with Crippen molar-refractivity contribution in [3.05, 3.63) is 47.9 Å². The van der Waals surface area contributed by atoms with Gasteiger partial charge in [-0.15, -0.1) is 13.2 Å². The van der Waals surface area contributed by atoms with E-state index in [4.69, 9.17) is 5.73 Å². The van der Waals surface area contributed by atoms with Crippen LogP contribution in [0.15, 0.2) is 36.4 Å². The Morgan fingerprint density at radius 2 is 1.88 bits per heavy atom. The van der Waals surface area contributed by atoms with Crippen LogP contribution in [-0.4, -0.2) is 80.8 Å². The summed E-state index contributed by atoms with van der Waals surface area (Å²) in [5.41, 5.74) is 5.05. The number of nitrogens with two attached hydrogens (primary N) is 1. The number of urea groups is 1. The van der Waals surface area contributed by atoms with Crippen LogP contribution in [0.5, 0.6) is 5.75 Å². The second kappa shape index (κ2) is 12.0. The molecule has 3 atom stereocenters. The van der Waals surface area contributed by atoms with Crippen LogP contribution >= 0.6 is 0 Å². The van der Waals surface area contributed by atoms with Crippen LogP contribution in [0.4, 0.5) is 42.5 Å². The monoisotopic (exact) mass is 677 g/mol. The Morgan fingerprint density at radius 3 is 2.54 bits per heavy atom. The lowest BCUT2D eigenvalue weighted by molar-refractivity contribution is -0.275. The number of carbonyl (C=O) groups excluding carboxylic acids is 4. The van der Waals surface area contributed by atoms with Crippen LogP contribution in [0.2, 0.25) is 0 Å². The van der Waals surface area contributed by atoms with Gasteiger partial charge in [-0.3, -0.25) is 19.1 Å². The Bertz CT molecular complexity index is 1900. The molecule has 6 rings (SSSR count). The number of carbonyl (C=O) groups is 4. The highest BCUT2D eigenvalue weighted by Crippen LogP contribution is 2.36. The van der Waals surface area contributed by atoms with Gasteiger partial charge in [-0.1, -0.05) is 17.9 Å². The van der Waals surface area contributed by atoms with Crippen molar-refractivity contribution in [3.63, 3.8) is 0 Å². The second-order valence-electron chi connectivity index (χ2n) is 11.5. The molecule has 2 aliphatic heterocycles. The molecule has 0 spiro atoms. The van der Waals surface area contributed by atoms with E-state index in [1.165, 1.54) is 23.1 Å². The molecule has 2 aromatic carbocycles. The number of fused-ring (bicyclic) bond motifs is 2. The summed E-state index contributed by atoms with van der Waals surface area (Å²) in [6.45, 7) is -1.13. The SMILES string of the molecule is NC(=O)c1nn(CC(=O)N2[C@@H]3C#C[C@@H]3C[C@H]2C(=O)Nc2cccc(OC(F)(F)F)c2F)c2ccc(NC(=O)N3CCCC(F)(F)C3)cc12. The number of alkyl halides is 5. The van der Waals surface area contributed by atoms with Crippen molar-refractivity contribution in [1.29, 1.82) is 0 Å². The van der Waals surface area contributed by atoms with Gasteiger partial charge in [0.05, 0.1) is 23.7 Å². The van der Waals surface area contributed by atoms with Crippen molar-refractivity contribution in [2.75, 3.05) is 23.7 Å². The molecule has 4 N–H and O–H groups in total. The number of amides is 5. The van der Waals surface area contributed by atoms with Crippen molar-refractivity contribution < 1.29 is 50.3 Å². The van der Waals surface area contributed by atoms with Crippen molar-refractivity contribution in [2.45, 2.75) is 50.2 Å². The number of ether oxygens (including phenoxy) is 1. The smallest absolute Gasteiger partial charge is 0.403 e. The van der Waals surface area contributed by atoms with Gasteiger partial charge in [-0.25, -0.2) is 18.0 Å². The number of rotatable bonds is 7. The lowest BCUT2D eigenvalue weighted by Crippen LogP contribution is -2.49. The van der Waals surface area contributed by atoms with Crippen LogP contribution in [0.3, 0.4) is 0 Å². The summed E-state index contributed by atoms with van der Waals surface area (Å²) < 4.78 is 85.2. The molecule has 252 valence electrons. The molecule has 0 saturated carbocycles. The number of nitrogens with one attached hydrogen (secondary N) is 2. The number of halogens is 6. The van der Waals surface area contributed by atoms with E-state index in [0.29, 0.717) is 0 Å². The average molecular weight is 678 g/mol. The summed E-state index contributed by atoms with van der Waals surface area (Å²) in [6.07, 6.45) is -5.32. The average Bonchev–Trinajstić information content (AvgIpc) is 3.47. The van der Waals surface area contributed by atoms with Crippen molar-refractivity contribution in [3.8, 4) is 17.6 Å². The van der Waals surface area contributed by atoms with Crippen molar-refractivity contribution >= 4 is 46.0 Å². The van der Waals surface area contributed by atoms with Crippen molar-refractivity contribution in [1.82, 2.24) is 19.6 Å². The highest BCUT2D eigenvalue weighted by Gasteiger charge is 2.49. The first-order valence-electron chi connectivity index (χ1n) is 14.5. The molecule has 5 amide bonds. The molecule has 2 fully saturated rings. The normalized spacial score (nSPS) is 21.1. The molecule has 0 radical (unpaired) electrons. The third-order valence-electron chi connectivity index (χ3n) is 8.15. The number of benzene rings is 2. The summed E-state index contributed by atoms with van der Waals surface area (Å²) in [6, 6.07) is 4.36. The predicted octanol–water partition coefficient (Wildman–Crippen LogP) is 3.68. The van der Waals surface area contributed by atoms with E-state index >= 15 is 0 Å². The zero-order valence-electron chi connectivity index (χ0n) is 24.6. The molecular formula is C30H25F6N7O5. The van der Waals surface area contributed by atoms with Crippen LogP contribution in [0.1, 0.15) is 29.8 Å². The molecule has 2 saturated heterocycles. The lowest BCUT2D eigenvalue weighted by Gasteiger charge is -2.32. The molecule has 3 aromatic rings. The Kier molecular flexibility index (Phi) is 8.09. The maximum absolute atomic E-state index is 14.7. The fraction of sp³-hybridized carbons (Fsp3) is 0.367. The number of hydrogen-bond acceptors (Lipinski definition) is 6. The minimum atomic E-state index is -5.18. The first kappa shape index (κ1) is 32.5. The number of anilines is 2. The third-order valence-corrected chi connectivity index (χ3v) is 8.15. The topological polar surface area (TPSA) is 152 Å². The zero-order chi connectivity index (χ0) is 34.5. The Balaban J connectivity index is 1.21.